The number of halogens is 1. The SMILES string of the molecule is CSC[C@H](CCO)Nc1ncnc2c1c(Br)nn2C. The number of fused-ring (bicyclic) bond motifs is 1. The maximum atomic E-state index is 9.11. The average molecular weight is 346 g/mol. The van der Waals surface area contributed by atoms with E-state index in [2.05, 4.69) is 36.3 Å². The molecular formula is C11H16BrN5OS. The largest absolute Gasteiger partial charge is 0.396 e. The number of thioether (sulfide) groups is 1. The monoisotopic (exact) mass is 345 g/mol. The second-order valence-electron chi connectivity index (χ2n) is 4.14. The molecule has 0 fully saturated rings. The Morgan fingerprint density at radius 1 is 1.53 bits per heavy atom. The third-order valence-corrected chi connectivity index (χ3v) is 4.05. The van der Waals surface area contributed by atoms with Crippen molar-refractivity contribution < 1.29 is 5.11 Å². The number of nitrogens with one attached hydrogen (secondary N) is 1. The molecule has 0 aliphatic carbocycles. The average Bonchev–Trinajstić information content (AvgIpc) is 2.67. The number of hydrogen-bond acceptors (Lipinski definition) is 6. The summed E-state index contributed by atoms with van der Waals surface area (Å²) in [5, 5.41) is 17.6. The fourth-order valence-electron chi connectivity index (χ4n) is 1.90. The van der Waals surface area contributed by atoms with Crippen molar-refractivity contribution in [3.63, 3.8) is 0 Å². The molecule has 0 unspecified atom stereocenters. The molecule has 0 aliphatic heterocycles. The third kappa shape index (κ3) is 3.18. The van der Waals surface area contributed by atoms with E-state index >= 15 is 0 Å². The first-order valence-electron chi connectivity index (χ1n) is 5.87. The summed E-state index contributed by atoms with van der Waals surface area (Å²) in [6, 6.07) is 0.171. The van der Waals surface area contributed by atoms with Crippen molar-refractivity contribution in [2.75, 3.05) is 23.9 Å². The molecule has 2 aromatic rings. The van der Waals surface area contributed by atoms with Crippen LogP contribution in [-0.2, 0) is 7.05 Å². The van der Waals surface area contributed by atoms with Crippen molar-refractivity contribution in [1.82, 2.24) is 19.7 Å². The van der Waals surface area contributed by atoms with Crippen LogP contribution in [0.2, 0.25) is 0 Å². The molecule has 8 heteroatoms. The predicted octanol–water partition coefficient (Wildman–Crippen LogP) is 1.65. The highest BCUT2D eigenvalue weighted by Crippen LogP contribution is 2.27. The van der Waals surface area contributed by atoms with Crippen molar-refractivity contribution in [3.05, 3.63) is 10.9 Å². The van der Waals surface area contributed by atoms with Gasteiger partial charge in [0.05, 0.1) is 5.39 Å². The molecule has 2 N–H and O–H groups in total. The van der Waals surface area contributed by atoms with Gasteiger partial charge in [-0.15, -0.1) is 0 Å². The molecule has 0 aromatic carbocycles. The lowest BCUT2D eigenvalue weighted by molar-refractivity contribution is 0.282. The molecule has 0 spiro atoms. The summed E-state index contributed by atoms with van der Waals surface area (Å²) in [6.07, 6.45) is 4.25. The molecule has 0 amide bonds. The Labute approximate surface area is 124 Å². The molecule has 2 aromatic heterocycles. The number of aryl methyl sites for hydroxylation is 1. The molecule has 19 heavy (non-hydrogen) atoms. The van der Waals surface area contributed by atoms with Crippen molar-refractivity contribution in [1.29, 1.82) is 0 Å². The minimum Gasteiger partial charge on any atom is -0.396 e. The summed E-state index contributed by atoms with van der Waals surface area (Å²) in [7, 11) is 1.84. The second kappa shape index (κ2) is 6.53. The van der Waals surface area contributed by atoms with Gasteiger partial charge < -0.3 is 10.4 Å². The maximum Gasteiger partial charge on any atom is 0.164 e. The van der Waals surface area contributed by atoms with Crippen LogP contribution in [0.15, 0.2) is 10.9 Å². The summed E-state index contributed by atoms with van der Waals surface area (Å²) in [5.41, 5.74) is 0.774. The lowest BCUT2D eigenvalue weighted by atomic mass is 10.2. The van der Waals surface area contributed by atoms with E-state index in [1.54, 1.807) is 16.4 Å². The van der Waals surface area contributed by atoms with Gasteiger partial charge >= 0.3 is 0 Å². The lowest BCUT2D eigenvalue weighted by Gasteiger charge is -2.17. The van der Waals surface area contributed by atoms with E-state index in [1.165, 1.54) is 6.33 Å². The van der Waals surface area contributed by atoms with Crippen LogP contribution < -0.4 is 5.32 Å². The molecule has 6 nitrogen and oxygen atoms in total. The zero-order valence-corrected chi connectivity index (χ0v) is 13.2. The van der Waals surface area contributed by atoms with Crippen molar-refractivity contribution >= 4 is 44.5 Å². The van der Waals surface area contributed by atoms with Gasteiger partial charge in [-0.3, -0.25) is 0 Å². The van der Waals surface area contributed by atoms with Gasteiger partial charge in [0.2, 0.25) is 0 Å². The van der Waals surface area contributed by atoms with Crippen LogP contribution in [-0.4, -0.2) is 49.5 Å². The number of anilines is 1. The van der Waals surface area contributed by atoms with E-state index in [9.17, 15) is 0 Å². The van der Waals surface area contributed by atoms with Crippen molar-refractivity contribution in [2.45, 2.75) is 12.5 Å². The van der Waals surface area contributed by atoms with Crippen molar-refractivity contribution in [3.8, 4) is 0 Å². The fourth-order valence-corrected chi connectivity index (χ4v) is 3.15. The third-order valence-electron chi connectivity index (χ3n) is 2.76. The van der Waals surface area contributed by atoms with Gasteiger partial charge in [-0.25, -0.2) is 14.6 Å². The van der Waals surface area contributed by atoms with E-state index in [0.717, 1.165) is 27.2 Å². The van der Waals surface area contributed by atoms with E-state index in [4.69, 9.17) is 5.11 Å². The first-order valence-corrected chi connectivity index (χ1v) is 8.05. The number of aliphatic hydroxyl groups excluding tert-OH is 1. The zero-order chi connectivity index (χ0) is 13.8. The van der Waals surface area contributed by atoms with Gasteiger partial charge in [-0.05, 0) is 28.6 Å². The molecule has 104 valence electrons. The Balaban J connectivity index is 2.33. The van der Waals surface area contributed by atoms with E-state index < -0.39 is 0 Å². The van der Waals surface area contributed by atoms with E-state index in [0.29, 0.717) is 6.42 Å². The Kier molecular flexibility index (Phi) is 5.00. The highest BCUT2D eigenvalue weighted by atomic mass is 79.9. The van der Waals surface area contributed by atoms with E-state index in [1.807, 2.05) is 13.3 Å². The molecule has 0 aliphatic rings. The van der Waals surface area contributed by atoms with Gasteiger partial charge in [-0.2, -0.15) is 16.9 Å². The summed E-state index contributed by atoms with van der Waals surface area (Å²) in [6.45, 7) is 0.153. The predicted molar refractivity (Wildman–Crippen MR) is 81.5 cm³/mol. The molecule has 0 radical (unpaired) electrons. The highest BCUT2D eigenvalue weighted by Gasteiger charge is 2.16. The Hall–Kier alpha value is -0.860. The standard InChI is InChI=1S/C11H16BrN5OS/c1-17-11-8(9(12)16-17)10(13-6-14-11)15-7(3-4-18)5-19-2/h6-7,18H,3-5H2,1-2H3,(H,13,14,15)/t7-/m0/s1. The number of aliphatic hydroxyl groups is 1. The highest BCUT2D eigenvalue weighted by molar-refractivity contribution is 9.10. The molecule has 0 saturated carbocycles. The fraction of sp³-hybridized carbons (Fsp3) is 0.545. The van der Waals surface area contributed by atoms with Crippen LogP contribution in [0.5, 0.6) is 0 Å². The summed E-state index contributed by atoms with van der Waals surface area (Å²) >= 11 is 5.16. The molecular weight excluding hydrogens is 330 g/mol. The smallest absolute Gasteiger partial charge is 0.164 e. The van der Waals surface area contributed by atoms with Crippen LogP contribution in [0.3, 0.4) is 0 Å². The lowest BCUT2D eigenvalue weighted by Crippen LogP contribution is -2.24. The molecule has 2 rings (SSSR count). The van der Waals surface area contributed by atoms with Gasteiger partial charge in [0.1, 0.15) is 16.7 Å². The minimum atomic E-state index is 0.153. The summed E-state index contributed by atoms with van der Waals surface area (Å²) < 4.78 is 2.43. The second-order valence-corrected chi connectivity index (χ2v) is 5.81. The molecule has 2 heterocycles. The van der Waals surface area contributed by atoms with Gasteiger partial charge in [-0.1, -0.05) is 0 Å². The Morgan fingerprint density at radius 3 is 3.00 bits per heavy atom. The van der Waals surface area contributed by atoms with Crippen LogP contribution >= 0.6 is 27.7 Å². The Bertz CT molecular complexity index is 555. The quantitative estimate of drug-likeness (QED) is 0.828. The normalized spacial score (nSPS) is 12.8. The first-order chi connectivity index (χ1) is 9.17. The number of rotatable bonds is 6. The van der Waals surface area contributed by atoms with Gasteiger partial charge in [0.25, 0.3) is 0 Å². The summed E-state index contributed by atoms with van der Waals surface area (Å²) in [4.78, 5) is 8.52. The summed E-state index contributed by atoms with van der Waals surface area (Å²) in [5.74, 6) is 1.65. The van der Waals surface area contributed by atoms with E-state index in [-0.39, 0.29) is 12.6 Å². The number of hydrogen-bond donors (Lipinski definition) is 2. The van der Waals surface area contributed by atoms with Crippen LogP contribution in [0, 0.1) is 0 Å². The molecule has 0 bridgehead atoms. The van der Waals surface area contributed by atoms with Crippen LogP contribution in [0.1, 0.15) is 6.42 Å². The topological polar surface area (TPSA) is 75.9 Å². The van der Waals surface area contributed by atoms with Crippen LogP contribution in [0.4, 0.5) is 5.82 Å². The maximum absolute atomic E-state index is 9.11. The zero-order valence-electron chi connectivity index (χ0n) is 10.8. The molecule has 0 saturated heterocycles. The van der Waals surface area contributed by atoms with Crippen molar-refractivity contribution in [2.24, 2.45) is 7.05 Å². The number of aromatic nitrogens is 4. The van der Waals surface area contributed by atoms with Gasteiger partial charge in [0.15, 0.2) is 5.65 Å². The first kappa shape index (κ1) is 14.5. The van der Waals surface area contributed by atoms with Gasteiger partial charge in [0, 0.05) is 25.4 Å². The molecule has 1 atom stereocenters. The Morgan fingerprint density at radius 2 is 2.32 bits per heavy atom. The minimum absolute atomic E-state index is 0.153. The number of nitrogens with zero attached hydrogens (tertiary/aromatic N) is 4. The van der Waals surface area contributed by atoms with Crippen LogP contribution in [0.25, 0.3) is 11.0 Å².